The minimum absolute atomic E-state index is 0.122. The van der Waals surface area contributed by atoms with Crippen molar-refractivity contribution in [3.05, 3.63) is 126 Å². The van der Waals surface area contributed by atoms with Crippen LogP contribution in [0.4, 0.5) is 15.8 Å². The van der Waals surface area contributed by atoms with Gasteiger partial charge in [-0.15, -0.1) is 0 Å². The smallest absolute Gasteiger partial charge is 0.254 e. The largest absolute Gasteiger partial charge is 0.497 e. The lowest BCUT2D eigenvalue weighted by molar-refractivity contribution is -0.117. The Kier molecular flexibility index (Phi) is 9.31. The van der Waals surface area contributed by atoms with Gasteiger partial charge in [-0.2, -0.15) is 0 Å². The Bertz CT molecular complexity index is 1550. The molecule has 9 heteroatoms. The molecule has 0 aromatic heterocycles. The molecule has 8 nitrogen and oxygen atoms in total. The second-order valence-electron chi connectivity index (χ2n) is 10.3. The van der Waals surface area contributed by atoms with Gasteiger partial charge in [-0.05, 0) is 72.3 Å². The van der Waals surface area contributed by atoms with Crippen molar-refractivity contribution in [2.45, 2.75) is 6.54 Å². The Balaban J connectivity index is 1.18. The fourth-order valence-electron chi connectivity index (χ4n) is 5.02. The van der Waals surface area contributed by atoms with Crippen molar-refractivity contribution in [3.63, 3.8) is 0 Å². The molecular formula is C34H33FN4O4. The molecule has 1 N–H and O–H groups in total. The first-order valence-corrected chi connectivity index (χ1v) is 14.1. The fraction of sp³-hybridized carbons (Fsp3) is 0.206. The van der Waals surface area contributed by atoms with E-state index in [0.29, 0.717) is 48.7 Å². The number of halogens is 1. The molecule has 1 aliphatic heterocycles. The van der Waals surface area contributed by atoms with E-state index in [2.05, 4.69) is 10.2 Å². The van der Waals surface area contributed by atoms with Gasteiger partial charge in [-0.25, -0.2) is 4.39 Å². The number of hydrogen-bond acceptors (Lipinski definition) is 5. The van der Waals surface area contributed by atoms with Gasteiger partial charge in [0, 0.05) is 55.2 Å². The van der Waals surface area contributed by atoms with Crippen molar-refractivity contribution in [1.29, 1.82) is 0 Å². The predicted molar refractivity (Wildman–Crippen MR) is 164 cm³/mol. The molecule has 3 amide bonds. The summed E-state index contributed by atoms with van der Waals surface area (Å²) in [5.41, 5.74) is 3.31. The number of nitrogens with one attached hydrogen (secondary N) is 1. The summed E-state index contributed by atoms with van der Waals surface area (Å²) in [6, 6.07) is 29.6. The average Bonchev–Trinajstić information content (AvgIpc) is 3.05. The summed E-state index contributed by atoms with van der Waals surface area (Å²) in [4.78, 5) is 44.6. The molecule has 4 aromatic carbocycles. The van der Waals surface area contributed by atoms with Gasteiger partial charge < -0.3 is 24.8 Å². The molecule has 0 radical (unpaired) electrons. The van der Waals surface area contributed by atoms with Crippen LogP contribution >= 0.6 is 0 Å². The van der Waals surface area contributed by atoms with Crippen LogP contribution in [0.3, 0.4) is 0 Å². The van der Waals surface area contributed by atoms with Crippen molar-refractivity contribution in [2.75, 3.05) is 50.1 Å². The molecule has 0 atom stereocenters. The van der Waals surface area contributed by atoms with Crippen LogP contribution in [-0.2, 0) is 11.3 Å². The first kappa shape index (κ1) is 29.3. The van der Waals surface area contributed by atoms with Gasteiger partial charge in [0.15, 0.2) is 0 Å². The van der Waals surface area contributed by atoms with E-state index in [4.69, 9.17) is 4.74 Å². The van der Waals surface area contributed by atoms with Crippen LogP contribution < -0.4 is 15.0 Å². The highest BCUT2D eigenvalue weighted by Gasteiger charge is 2.23. The molecule has 4 aromatic rings. The molecule has 0 saturated carbocycles. The SMILES string of the molecule is COc1ccc(C(=O)N(CC(=O)Nc2ccc(N3CCN(C(=O)c4cccc(F)c4)CC3)cc2)Cc2ccccc2)cc1. The maximum atomic E-state index is 13.5. The maximum absolute atomic E-state index is 13.5. The number of nitrogens with zero attached hydrogens (tertiary/aromatic N) is 3. The van der Waals surface area contributed by atoms with Gasteiger partial charge in [0.2, 0.25) is 5.91 Å². The third-order valence-corrected chi connectivity index (χ3v) is 7.33. The second-order valence-corrected chi connectivity index (χ2v) is 10.3. The third kappa shape index (κ3) is 7.56. The number of amides is 3. The van der Waals surface area contributed by atoms with Crippen molar-refractivity contribution in [1.82, 2.24) is 9.80 Å². The lowest BCUT2D eigenvalue weighted by Crippen LogP contribution is -2.48. The minimum Gasteiger partial charge on any atom is -0.497 e. The summed E-state index contributed by atoms with van der Waals surface area (Å²) < 4.78 is 18.7. The molecule has 220 valence electrons. The van der Waals surface area contributed by atoms with E-state index in [9.17, 15) is 18.8 Å². The summed E-state index contributed by atoms with van der Waals surface area (Å²) in [5, 5.41) is 2.90. The zero-order valence-corrected chi connectivity index (χ0v) is 23.9. The van der Waals surface area contributed by atoms with Crippen LogP contribution in [-0.4, -0.2) is 67.4 Å². The van der Waals surface area contributed by atoms with Crippen LogP contribution in [0.1, 0.15) is 26.3 Å². The van der Waals surface area contributed by atoms with Gasteiger partial charge >= 0.3 is 0 Å². The molecule has 0 aliphatic carbocycles. The van der Waals surface area contributed by atoms with Crippen molar-refractivity contribution in [3.8, 4) is 5.75 Å². The molecule has 1 aliphatic rings. The Hall–Kier alpha value is -5.18. The molecule has 5 rings (SSSR count). The first-order chi connectivity index (χ1) is 20.9. The lowest BCUT2D eigenvalue weighted by atomic mass is 10.1. The Morgan fingerprint density at radius 3 is 2.16 bits per heavy atom. The van der Waals surface area contributed by atoms with Gasteiger partial charge in [-0.3, -0.25) is 14.4 Å². The van der Waals surface area contributed by atoms with Gasteiger partial charge in [0.25, 0.3) is 11.8 Å². The number of rotatable bonds is 9. The van der Waals surface area contributed by atoms with E-state index in [0.717, 1.165) is 11.3 Å². The number of carbonyl (C=O) groups is 3. The Morgan fingerprint density at radius 1 is 0.814 bits per heavy atom. The highest BCUT2D eigenvalue weighted by molar-refractivity contribution is 5.99. The van der Waals surface area contributed by atoms with Crippen molar-refractivity contribution >= 4 is 29.1 Å². The molecule has 1 heterocycles. The van der Waals surface area contributed by atoms with Crippen LogP contribution in [0.25, 0.3) is 0 Å². The van der Waals surface area contributed by atoms with E-state index >= 15 is 0 Å². The number of anilines is 2. The summed E-state index contributed by atoms with van der Waals surface area (Å²) in [6.07, 6.45) is 0. The number of carbonyl (C=O) groups excluding carboxylic acids is 3. The van der Waals surface area contributed by atoms with Crippen LogP contribution in [0, 0.1) is 5.82 Å². The standard InChI is InChI=1S/C34H33FN4O4/c1-43-31-16-10-26(11-17-31)33(41)39(23-25-6-3-2-4-7-25)24-32(40)36-29-12-14-30(15-13-29)37-18-20-38(21-19-37)34(42)27-8-5-9-28(35)22-27/h2-17,22H,18-21,23-24H2,1H3,(H,36,40). The number of ether oxygens (including phenoxy) is 1. The van der Waals surface area contributed by atoms with Crippen molar-refractivity contribution in [2.24, 2.45) is 0 Å². The van der Waals surface area contributed by atoms with Gasteiger partial charge in [0.05, 0.1) is 7.11 Å². The van der Waals surface area contributed by atoms with Gasteiger partial charge in [-0.1, -0.05) is 36.4 Å². The zero-order chi connectivity index (χ0) is 30.2. The molecule has 43 heavy (non-hydrogen) atoms. The lowest BCUT2D eigenvalue weighted by Gasteiger charge is -2.36. The minimum atomic E-state index is -0.426. The fourth-order valence-corrected chi connectivity index (χ4v) is 5.02. The van der Waals surface area contributed by atoms with E-state index in [1.165, 1.54) is 17.0 Å². The average molecular weight is 581 g/mol. The summed E-state index contributed by atoms with van der Waals surface area (Å²) in [5.74, 6) is -0.526. The molecule has 0 unspecified atom stereocenters. The van der Waals surface area contributed by atoms with Gasteiger partial charge in [0.1, 0.15) is 18.1 Å². The second kappa shape index (κ2) is 13.7. The molecule has 1 fully saturated rings. The van der Waals surface area contributed by atoms with E-state index in [1.54, 1.807) is 48.4 Å². The highest BCUT2D eigenvalue weighted by atomic mass is 19.1. The molecule has 0 spiro atoms. The summed E-state index contributed by atoms with van der Waals surface area (Å²) >= 11 is 0. The van der Waals surface area contributed by atoms with E-state index in [1.807, 2.05) is 54.6 Å². The molecule has 0 bridgehead atoms. The monoisotopic (exact) mass is 580 g/mol. The number of methoxy groups -OCH3 is 1. The Morgan fingerprint density at radius 2 is 1.51 bits per heavy atom. The molecule has 1 saturated heterocycles. The Labute approximate surface area is 250 Å². The third-order valence-electron chi connectivity index (χ3n) is 7.33. The maximum Gasteiger partial charge on any atom is 0.254 e. The first-order valence-electron chi connectivity index (χ1n) is 14.1. The highest BCUT2D eigenvalue weighted by Crippen LogP contribution is 2.21. The van der Waals surface area contributed by atoms with E-state index in [-0.39, 0.29) is 30.8 Å². The quantitative estimate of drug-likeness (QED) is 0.299. The predicted octanol–water partition coefficient (Wildman–Crippen LogP) is 5.08. The molecular weight excluding hydrogens is 547 g/mol. The summed E-state index contributed by atoms with van der Waals surface area (Å²) in [6.45, 7) is 2.47. The number of benzene rings is 4. The normalized spacial score (nSPS) is 12.9. The van der Waals surface area contributed by atoms with E-state index < -0.39 is 5.82 Å². The number of hydrogen-bond donors (Lipinski definition) is 1. The number of piperazine rings is 1. The zero-order valence-electron chi connectivity index (χ0n) is 23.9. The van der Waals surface area contributed by atoms with Crippen LogP contribution in [0.15, 0.2) is 103 Å². The van der Waals surface area contributed by atoms with Crippen LogP contribution in [0.5, 0.6) is 5.75 Å². The van der Waals surface area contributed by atoms with Crippen LogP contribution in [0.2, 0.25) is 0 Å². The van der Waals surface area contributed by atoms with Crippen molar-refractivity contribution < 1.29 is 23.5 Å². The summed E-state index contributed by atoms with van der Waals surface area (Å²) in [7, 11) is 1.56. The topological polar surface area (TPSA) is 82.2 Å².